The molecule has 2 amide bonds. The molecule has 1 aliphatic carbocycles. The van der Waals surface area contributed by atoms with Crippen LogP contribution in [0.5, 0.6) is 0 Å². The van der Waals surface area contributed by atoms with E-state index in [1.54, 1.807) is 6.07 Å². The summed E-state index contributed by atoms with van der Waals surface area (Å²) in [5.74, 6) is 0.0133. The van der Waals surface area contributed by atoms with E-state index in [-0.39, 0.29) is 41.7 Å². The maximum Gasteiger partial charge on any atom is 0.249 e. The number of carbonyl (C=O) groups is 2. The van der Waals surface area contributed by atoms with Gasteiger partial charge in [0.2, 0.25) is 11.8 Å². The number of benzene rings is 2. The van der Waals surface area contributed by atoms with E-state index in [2.05, 4.69) is 11.4 Å². The molecule has 0 bridgehead atoms. The minimum absolute atomic E-state index is 0.0716. The molecule has 5 nitrogen and oxygen atoms in total. The van der Waals surface area contributed by atoms with Gasteiger partial charge in [0.25, 0.3) is 0 Å². The molecule has 5 rings (SSSR count). The zero-order chi connectivity index (χ0) is 22.1. The molecular formula is C26H29FN2O3. The Morgan fingerprint density at radius 2 is 1.78 bits per heavy atom. The first kappa shape index (κ1) is 21.1. The minimum atomic E-state index is -0.358. The highest BCUT2D eigenvalue weighted by Gasteiger charge is 2.42. The summed E-state index contributed by atoms with van der Waals surface area (Å²) in [6.07, 6.45) is 4.84. The van der Waals surface area contributed by atoms with Crippen molar-refractivity contribution in [3.05, 3.63) is 59.9 Å². The lowest BCUT2D eigenvalue weighted by Gasteiger charge is -2.35. The number of carbonyl (C=O) groups excluding carboxylic acids is 2. The van der Waals surface area contributed by atoms with Crippen molar-refractivity contribution >= 4 is 11.8 Å². The third-order valence-electron chi connectivity index (χ3n) is 7.13. The van der Waals surface area contributed by atoms with Gasteiger partial charge < -0.3 is 15.0 Å². The average Bonchev–Trinajstić information content (AvgIpc) is 3.07. The molecule has 1 saturated carbocycles. The summed E-state index contributed by atoms with van der Waals surface area (Å²) in [6.45, 7) is 1.30. The third kappa shape index (κ3) is 4.29. The predicted molar refractivity (Wildman–Crippen MR) is 119 cm³/mol. The van der Waals surface area contributed by atoms with Crippen molar-refractivity contribution in [3.63, 3.8) is 0 Å². The zero-order valence-electron chi connectivity index (χ0n) is 18.1. The van der Waals surface area contributed by atoms with Crippen LogP contribution in [0.1, 0.15) is 37.7 Å². The Bertz CT molecular complexity index is 1000. The second-order valence-electron chi connectivity index (χ2n) is 9.19. The Morgan fingerprint density at radius 1 is 1.03 bits per heavy atom. The van der Waals surface area contributed by atoms with Crippen LogP contribution in [0.25, 0.3) is 11.1 Å². The van der Waals surface area contributed by atoms with Gasteiger partial charge in [-0.15, -0.1) is 0 Å². The lowest BCUT2D eigenvalue weighted by atomic mass is 9.84. The van der Waals surface area contributed by atoms with Crippen LogP contribution in [-0.4, -0.2) is 48.1 Å². The number of likely N-dealkylation sites (tertiary alicyclic amines) is 1. The second kappa shape index (κ2) is 9.02. The molecular weight excluding hydrogens is 407 g/mol. The predicted octanol–water partition coefficient (Wildman–Crippen LogP) is 3.71. The number of nitrogens with one attached hydrogen (secondary N) is 1. The van der Waals surface area contributed by atoms with E-state index in [0.29, 0.717) is 19.6 Å². The van der Waals surface area contributed by atoms with Gasteiger partial charge in [0.05, 0.1) is 18.7 Å². The van der Waals surface area contributed by atoms with E-state index in [0.717, 1.165) is 48.8 Å². The van der Waals surface area contributed by atoms with Crippen LogP contribution >= 0.6 is 0 Å². The topological polar surface area (TPSA) is 58.6 Å². The van der Waals surface area contributed by atoms with Crippen molar-refractivity contribution in [2.45, 2.75) is 56.7 Å². The molecule has 1 unspecified atom stereocenters. The molecule has 0 aromatic heterocycles. The van der Waals surface area contributed by atoms with E-state index >= 15 is 0 Å². The summed E-state index contributed by atoms with van der Waals surface area (Å²) in [4.78, 5) is 27.7. The van der Waals surface area contributed by atoms with Gasteiger partial charge in [-0.2, -0.15) is 0 Å². The lowest BCUT2D eigenvalue weighted by Crippen LogP contribution is -2.53. The van der Waals surface area contributed by atoms with E-state index in [1.165, 1.54) is 12.1 Å². The molecule has 0 radical (unpaired) electrons. The maximum atomic E-state index is 13.7. The summed E-state index contributed by atoms with van der Waals surface area (Å²) in [6, 6.07) is 14.4. The standard InChI is InChI=1S/C26H29FN2O3/c27-21-9-3-8-20(16-21)19-7-1-4-17(14-19)15-23-22(28-25(30)24-11-13-32-24)10-12-29(23)26(31)18-5-2-6-18/h1,3-4,7-9,14,16,18,22-24H,2,5-6,10-13,15H2,(H,28,30)/t22-,23-,24?/m1/s1. The van der Waals surface area contributed by atoms with Crippen molar-refractivity contribution in [2.24, 2.45) is 5.92 Å². The Morgan fingerprint density at radius 3 is 2.44 bits per heavy atom. The van der Waals surface area contributed by atoms with Gasteiger partial charge in [-0.3, -0.25) is 9.59 Å². The van der Waals surface area contributed by atoms with Crippen molar-refractivity contribution in [1.82, 2.24) is 10.2 Å². The average molecular weight is 437 g/mol. The van der Waals surface area contributed by atoms with Gasteiger partial charge in [0.15, 0.2) is 0 Å². The first-order chi connectivity index (χ1) is 15.6. The second-order valence-corrected chi connectivity index (χ2v) is 9.19. The Labute approximate surface area is 187 Å². The Balaban J connectivity index is 1.37. The highest BCUT2D eigenvalue weighted by Crippen LogP contribution is 2.33. The van der Waals surface area contributed by atoms with Crippen molar-refractivity contribution in [2.75, 3.05) is 13.2 Å². The molecule has 3 atom stereocenters. The van der Waals surface area contributed by atoms with Crippen molar-refractivity contribution in [3.8, 4) is 11.1 Å². The van der Waals surface area contributed by atoms with Crippen LogP contribution in [0.4, 0.5) is 4.39 Å². The largest absolute Gasteiger partial charge is 0.368 e. The number of hydrogen-bond acceptors (Lipinski definition) is 3. The van der Waals surface area contributed by atoms with Crippen LogP contribution in [0.2, 0.25) is 0 Å². The van der Waals surface area contributed by atoms with Crippen molar-refractivity contribution < 1.29 is 18.7 Å². The summed E-state index contributed by atoms with van der Waals surface area (Å²) in [5, 5.41) is 3.16. The molecule has 2 saturated heterocycles. The van der Waals surface area contributed by atoms with Gasteiger partial charge in [0, 0.05) is 18.9 Å². The molecule has 168 valence electrons. The van der Waals surface area contributed by atoms with Crippen LogP contribution in [0.15, 0.2) is 48.5 Å². The molecule has 2 aliphatic heterocycles. The summed E-state index contributed by atoms with van der Waals surface area (Å²) in [7, 11) is 0. The normalized spacial score (nSPS) is 25.2. The fourth-order valence-electron chi connectivity index (χ4n) is 4.94. The van der Waals surface area contributed by atoms with Gasteiger partial charge in [0.1, 0.15) is 11.9 Å². The fraction of sp³-hybridized carbons (Fsp3) is 0.462. The molecule has 2 aromatic rings. The number of ether oxygens (including phenoxy) is 1. The molecule has 1 N–H and O–H groups in total. The monoisotopic (exact) mass is 436 g/mol. The SMILES string of the molecule is O=C(N[C@@H]1CCN(C(=O)C2CCC2)[C@@H]1Cc1cccc(-c2cccc(F)c2)c1)C1CCO1. The molecule has 0 spiro atoms. The van der Waals surface area contributed by atoms with Crippen LogP contribution in [0, 0.1) is 11.7 Å². The molecule has 3 aliphatic rings. The fourth-order valence-corrected chi connectivity index (χ4v) is 4.94. The maximum absolute atomic E-state index is 13.7. The number of rotatable bonds is 6. The van der Waals surface area contributed by atoms with Crippen LogP contribution in [-0.2, 0) is 20.7 Å². The van der Waals surface area contributed by atoms with E-state index in [9.17, 15) is 14.0 Å². The molecule has 3 fully saturated rings. The smallest absolute Gasteiger partial charge is 0.249 e. The Kier molecular flexibility index (Phi) is 5.96. The van der Waals surface area contributed by atoms with Gasteiger partial charge in [-0.25, -0.2) is 4.39 Å². The van der Waals surface area contributed by atoms with Gasteiger partial charge in [-0.05, 0) is 54.5 Å². The van der Waals surface area contributed by atoms with Gasteiger partial charge in [-0.1, -0.05) is 42.8 Å². The summed E-state index contributed by atoms with van der Waals surface area (Å²) < 4.78 is 19.1. The third-order valence-corrected chi connectivity index (χ3v) is 7.13. The molecule has 2 heterocycles. The molecule has 6 heteroatoms. The highest BCUT2D eigenvalue weighted by atomic mass is 19.1. The number of amides is 2. The number of halogens is 1. The first-order valence-electron chi connectivity index (χ1n) is 11.7. The highest BCUT2D eigenvalue weighted by molar-refractivity contribution is 5.83. The van der Waals surface area contributed by atoms with Crippen molar-refractivity contribution in [1.29, 1.82) is 0 Å². The summed E-state index contributed by atoms with van der Waals surface area (Å²) >= 11 is 0. The van der Waals surface area contributed by atoms with E-state index < -0.39 is 0 Å². The lowest BCUT2D eigenvalue weighted by molar-refractivity contribution is -0.146. The van der Waals surface area contributed by atoms with E-state index in [4.69, 9.17) is 4.74 Å². The number of nitrogens with zero attached hydrogens (tertiary/aromatic N) is 1. The van der Waals surface area contributed by atoms with Crippen LogP contribution in [0.3, 0.4) is 0 Å². The number of hydrogen-bond donors (Lipinski definition) is 1. The minimum Gasteiger partial charge on any atom is -0.368 e. The van der Waals surface area contributed by atoms with Gasteiger partial charge >= 0.3 is 0 Å². The molecule has 2 aromatic carbocycles. The zero-order valence-corrected chi connectivity index (χ0v) is 18.1. The van der Waals surface area contributed by atoms with E-state index in [1.807, 2.05) is 29.2 Å². The summed E-state index contributed by atoms with van der Waals surface area (Å²) in [5.41, 5.74) is 2.84. The Hall–Kier alpha value is -2.73. The quantitative estimate of drug-likeness (QED) is 0.751. The van der Waals surface area contributed by atoms with Crippen LogP contribution < -0.4 is 5.32 Å². The first-order valence-corrected chi connectivity index (χ1v) is 11.7. The molecule has 32 heavy (non-hydrogen) atoms.